The summed E-state index contributed by atoms with van der Waals surface area (Å²) in [5, 5.41) is 4.99. The number of fused-ring (bicyclic) bond motifs is 3. The minimum atomic E-state index is -1.48. The number of hydrogen-bond acceptors (Lipinski definition) is 1. The fourth-order valence-corrected chi connectivity index (χ4v) is 6.60. The van der Waals surface area contributed by atoms with E-state index in [0.717, 1.165) is 12.1 Å². The van der Waals surface area contributed by atoms with E-state index < -0.39 is 8.07 Å². The summed E-state index contributed by atoms with van der Waals surface area (Å²) in [4.78, 5) is 0. The minimum absolute atomic E-state index is 0.257. The van der Waals surface area contributed by atoms with Crippen molar-refractivity contribution in [3.8, 4) is 11.3 Å². The van der Waals surface area contributed by atoms with Crippen molar-refractivity contribution in [3.05, 3.63) is 59.9 Å². The van der Waals surface area contributed by atoms with Gasteiger partial charge < -0.3 is 5.32 Å². The van der Waals surface area contributed by atoms with Gasteiger partial charge in [-0.05, 0) is 36.0 Å². The lowest BCUT2D eigenvalue weighted by Crippen LogP contribution is -2.55. The number of nitrogens with zero attached hydrogens (tertiary/aromatic N) is 1. The van der Waals surface area contributed by atoms with Gasteiger partial charge in [-0.25, -0.2) is 0 Å². The molecule has 0 saturated carbocycles. The second-order valence-corrected chi connectivity index (χ2v) is 15.1. The molecule has 0 aliphatic carbocycles. The fraction of sp³-hybridized carbons (Fsp3) is 0.500. The Kier molecular flexibility index (Phi) is 6.38. The van der Waals surface area contributed by atoms with Gasteiger partial charge in [0.2, 0.25) is 11.7 Å². The first-order chi connectivity index (χ1) is 13.7. The van der Waals surface area contributed by atoms with E-state index in [9.17, 15) is 0 Å². The van der Waals surface area contributed by atoms with E-state index in [1.807, 2.05) is 7.05 Å². The molecule has 156 valence electrons. The molecule has 0 amide bonds. The molecule has 2 nitrogen and oxygen atoms in total. The largest absolute Gasteiger partial charge is 0.387 e. The van der Waals surface area contributed by atoms with Crippen LogP contribution in [0.5, 0.6) is 0 Å². The van der Waals surface area contributed by atoms with Crippen LogP contribution in [-0.2, 0) is 6.42 Å². The second kappa shape index (κ2) is 8.47. The molecule has 0 radical (unpaired) electrons. The van der Waals surface area contributed by atoms with Gasteiger partial charge in [-0.1, -0.05) is 71.6 Å². The molecule has 3 rings (SSSR count). The van der Waals surface area contributed by atoms with E-state index in [2.05, 4.69) is 93.4 Å². The molecule has 2 aromatic rings. The lowest BCUT2D eigenvalue weighted by atomic mass is 9.79. The summed E-state index contributed by atoms with van der Waals surface area (Å²) < 4.78 is 2.55. The average molecular weight is 408 g/mol. The van der Waals surface area contributed by atoms with Crippen LogP contribution in [-0.4, -0.2) is 15.1 Å². The van der Waals surface area contributed by atoms with Crippen LogP contribution >= 0.6 is 0 Å². The smallest absolute Gasteiger partial charge is 0.213 e. The van der Waals surface area contributed by atoms with Crippen molar-refractivity contribution in [2.24, 2.45) is 5.92 Å². The van der Waals surface area contributed by atoms with Crippen LogP contribution in [0.4, 0.5) is 0 Å². The lowest BCUT2D eigenvalue weighted by molar-refractivity contribution is -0.709. The number of likely N-dealkylation sites (N-methyl/N-ethyl adjacent to an activating group) is 1. The topological polar surface area (TPSA) is 15.9 Å². The van der Waals surface area contributed by atoms with E-state index in [1.165, 1.54) is 29.7 Å². The van der Waals surface area contributed by atoms with Gasteiger partial charge in [0.25, 0.3) is 0 Å². The first-order valence-corrected chi connectivity index (χ1v) is 14.7. The van der Waals surface area contributed by atoms with Crippen molar-refractivity contribution in [1.82, 2.24) is 5.32 Å². The molecule has 1 aromatic carbocycles. The number of nitrogens with one attached hydrogen (secondary N) is 1. The zero-order valence-corrected chi connectivity index (χ0v) is 20.5. The van der Waals surface area contributed by atoms with Crippen molar-refractivity contribution in [3.63, 3.8) is 0 Å². The summed E-state index contributed by atoms with van der Waals surface area (Å²) in [7, 11) is 0.531. The Labute approximate surface area is 179 Å². The van der Waals surface area contributed by atoms with Crippen molar-refractivity contribution < 1.29 is 4.57 Å². The molecule has 3 heteroatoms. The summed E-state index contributed by atoms with van der Waals surface area (Å²) in [5.74, 6) is 1.11. The molecule has 29 heavy (non-hydrogen) atoms. The summed E-state index contributed by atoms with van der Waals surface area (Å²) in [5.41, 5.74) is 6.89. The average Bonchev–Trinajstić information content (AvgIpc) is 2.66. The highest BCUT2D eigenvalue weighted by atomic mass is 28.3. The Hall–Kier alpha value is -1.87. The van der Waals surface area contributed by atoms with Gasteiger partial charge in [0, 0.05) is 23.9 Å². The van der Waals surface area contributed by atoms with E-state index in [0.29, 0.717) is 11.8 Å². The quantitative estimate of drug-likeness (QED) is 0.469. The standard InChI is InChI=1S/C26H39N2Si/c1-9-12-23-21-13-10-11-14-22(21)24-16-20(15-18(2)3)25(29(6,7)8)17-28(24)26(23)19(4)27-5/h10-11,13-14,16-18,23,26-27H,4,9,12,15H2,1-3,5-8H3/q+1. The van der Waals surface area contributed by atoms with Crippen molar-refractivity contribution in [2.45, 2.75) is 71.6 Å². The van der Waals surface area contributed by atoms with Crippen LogP contribution < -0.4 is 15.1 Å². The molecule has 2 atom stereocenters. The zero-order chi connectivity index (χ0) is 21.3. The Bertz CT molecular complexity index is 892. The SMILES string of the molecule is C=C(NC)C1C(CCC)c2ccccc2-c2cc(CC(C)C)c([Si](C)(C)C)c[n+]21. The summed E-state index contributed by atoms with van der Waals surface area (Å²) >= 11 is 0. The Morgan fingerprint density at radius 2 is 1.90 bits per heavy atom. The molecule has 0 saturated heterocycles. The predicted molar refractivity (Wildman–Crippen MR) is 128 cm³/mol. The van der Waals surface area contributed by atoms with Gasteiger partial charge >= 0.3 is 0 Å². The first kappa shape index (κ1) is 21.8. The maximum atomic E-state index is 4.44. The monoisotopic (exact) mass is 407 g/mol. The second-order valence-electron chi connectivity index (χ2n) is 10.1. The van der Waals surface area contributed by atoms with Crippen LogP contribution in [0, 0.1) is 5.92 Å². The predicted octanol–water partition coefficient (Wildman–Crippen LogP) is 5.56. The van der Waals surface area contributed by atoms with Crippen molar-refractivity contribution in [1.29, 1.82) is 0 Å². The molecule has 1 aliphatic heterocycles. The molecule has 2 unspecified atom stereocenters. The van der Waals surface area contributed by atoms with Crippen LogP contribution in [0.3, 0.4) is 0 Å². The van der Waals surface area contributed by atoms with Gasteiger partial charge in [-0.15, -0.1) is 0 Å². The molecule has 2 heterocycles. The van der Waals surface area contributed by atoms with E-state index in [-0.39, 0.29) is 6.04 Å². The molecular weight excluding hydrogens is 368 g/mol. The van der Waals surface area contributed by atoms with Crippen LogP contribution in [0.1, 0.15) is 56.7 Å². The van der Waals surface area contributed by atoms with Crippen LogP contribution in [0.25, 0.3) is 11.3 Å². The number of allylic oxidation sites excluding steroid dienone is 1. The summed E-state index contributed by atoms with van der Waals surface area (Å²) in [6.07, 6.45) is 6.00. The third-order valence-corrected chi connectivity index (χ3v) is 8.30. The maximum absolute atomic E-state index is 4.44. The Morgan fingerprint density at radius 3 is 2.48 bits per heavy atom. The highest BCUT2D eigenvalue weighted by Gasteiger charge is 2.42. The van der Waals surface area contributed by atoms with Crippen LogP contribution in [0.15, 0.2) is 48.8 Å². The van der Waals surface area contributed by atoms with Gasteiger partial charge in [-0.3, -0.25) is 0 Å². The number of aromatic nitrogens is 1. The number of rotatable bonds is 7. The summed E-state index contributed by atoms with van der Waals surface area (Å²) in [6.45, 7) is 18.8. The third kappa shape index (κ3) is 4.21. The number of hydrogen-bond donors (Lipinski definition) is 1. The molecule has 0 bridgehead atoms. The lowest BCUT2D eigenvalue weighted by Gasteiger charge is -2.33. The van der Waals surface area contributed by atoms with E-state index in [1.54, 1.807) is 10.8 Å². The number of pyridine rings is 1. The zero-order valence-electron chi connectivity index (χ0n) is 19.5. The van der Waals surface area contributed by atoms with Crippen molar-refractivity contribution >= 4 is 13.3 Å². The van der Waals surface area contributed by atoms with Gasteiger partial charge in [0.1, 0.15) is 0 Å². The normalized spacial score (nSPS) is 18.3. The minimum Gasteiger partial charge on any atom is -0.387 e. The van der Waals surface area contributed by atoms with Crippen LogP contribution in [0.2, 0.25) is 19.6 Å². The molecule has 0 spiro atoms. The van der Waals surface area contributed by atoms with Gasteiger partial charge in [-0.2, -0.15) is 4.57 Å². The van der Waals surface area contributed by atoms with Gasteiger partial charge in [0.15, 0.2) is 6.20 Å². The first-order valence-electron chi connectivity index (χ1n) is 11.2. The fourth-order valence-electron chi connectivity index (χ4n) is 4.94. The maximum Gasteiger partial charge on any atom is 0.213 e. The molecule has 1 N–H and O–H groups in total. The highest BCUT2D eigenvalue weighted by Crippen LogP contribution is 2.42. The van der Waals surface area contributed by atoms with E-state index >= 15 is 0 Å². The molecule has 1 aromatic heterocycles. The Balaban J connectivity index is 2.34. The Morgan fingerprint density at radius 1 is 1.21 bits per heavy atom. The third-order valence-electron chi connectivity index (χ3n) is 6.23. The highest BCUT2D eigenvalue weighted by molar-refractivity contribution is 6.88. The summed E-state index contributed by atoms with van der Waals surface area (Å²) in [6, 6.07) is 11.8. The van der Waals surface area contributed by atoms with E-state index in [4.69, 9.17) is 0 Å². The van der Waals surface area contributed by atoms with Gasteiger partial charge in [0.05, 0.1) is 19.7 Å². The number of benzene rings is 1. The van der Waals surface area contributed by atoms with Crippen molar-refractivity contribution in [2.75, 3.05) is 7.05 Å². The molecular formula is C26H39N2Si+. The molecule has 1 aliphatic rings. The molecule has 0 fully saturated rings.